The van der Waals surface area contributed by atoms with E-state index < -0.39 is 36.7 Å². The minimum atomic E-state index is -1.47. The molecule has 0 rings (SSSR count). The number of Topliss-reactive ketones (excluding diaryl/α,β-unsaturated/α-hetero) is 1. The maximum atomic E-state index is 10.5. The lowest BCUT2D eigenvalue weighted by Crippen LogP contribution is -2.23. The summed E-state index contributed by atoms with van der Waals surface area (Å²) in [7, 11) is 0. The largest absolute Gasteiger partial charge is 0.481 e. The monoisotopic (exact) mass is 190 g/mol. The Morgan fingerprint density at radius 1 is 1.00 bits per heavy atom. The van der Waals surface area contributed by atoms with Gasteiger partial charge in [0.1, 0.15) is 6.42 Å². The van der Waals surface area contributed by atoms with Gasteiger partial charge in [0, 0.05) is 0 Å². The number of carbonyl (C=O) groups is 4. The molecule has 0 heterocycles. The zero-order valence-corrected chi connectivity index (χ0v) is 6.35. The van der Waals surface area contributed by atoms with E-state index in [9.17, 15) is 19.2 Å². The zero-order chi connectivity index (χ0) is 10.4. The summed E-state index contributed by atoms with van der Waals surface area (Å²) in [5.41, 5.74) is 0. The third-order valence-corrected chi connectivity index (χ3v) is 0.866. The van der Waals surface area contributed by atoms with Gasteiger partial charge in [-0.15, -0.1) is 0 Å². The molecule has 0 saturated carbocycles. The van der Waals surface area contributed by atoms with Crippen LogP contribution in [0.1, 0.15) is 6.42 Å². The molecule has 0 saturated heterocycles. The number of carbonyl (C=O) groups excluding carboxylic acids is 2. The lowest BCUT2D eigenvalue weighted by atomic mass is 10.3. The van der Waals surface area contributed by atoms with Crippen molar-refractivity contribution in [3.63, 3.8) is 0 Å². The number of esters is 1. The molecule has 0 unspecified atom stereocenters. The summed E-state index contributed by atoms with van der Waals surface area (Å²) in [5, 5.41) is 16.1. The van der Waals surface area contributed by atoms with E-state index in [-0.39, 0.29) is 0 Å². The minimum Gasteiger partial charge on any atom is -0.481 e. The van der Waals surface area contributed by atoms with E-state index in [1.54, 1.807) is 0 Å². The molecular weight excluding hydrogens is 184 g/mol. The van der Waals surface area contributed by atoms with Crippen LogP contribution >= 0.6 is 0 Å². The quantitative estimate of drug-likeness (QED) is 0.312. The first-order valence-electron chi connectivity index (χ1n) is 3.07. The highest BCUT2D eigenvalue weighted by atomic mass is 16.6. The molecule has 0 bridgehead atoms. The zero-order valence-electron chi connectivity index (χ0n) is 6.35. The molecule has 0 radical (unpaired) electrons. The predicted octanol–water partition coefficient (Wildman–Crippen LogP) is -1.34. The molecule has 2 N–H and O–H groups in total. The number of ether oxygens (including phenoxy) is 1. The molecule has 0 aliphatic carbocycles. The van der Waals surface area contributed by atoms with Crippen LogP contribution in [-0.2, 0) is 23.9 Å². The molecule has 0 aromatic heterocycles. The van der Waals surface area contributed by atoms with Gasteiger partial charge in [-0.3, -0.25) is 9.59 Å². The number of carboxylic acid groups (broad SMARTS) is 2. The SMILES string of the molecule is O=C(O)COC(=O)C(=O)CC(=O)O. The van der Waals surface area contributed by atoms with Gasteiger partial charge in [0.05, 0.1) is 0 Å². The summed E-state index contributed by atoms with van der Waals surface area (Å²) in [5.74, 6) is -5.63. The average molecular weight is 190 g/mol. The van der Waals surface area contributed by atoms with E-state index in [1.165, 1.54) is 0 Å². The van der Waals surface area contributed by atoms with Gasteiger partial charge in [0.15, 0.2) is 6.61 Å². The predicted molar refractivity (Wildman–Crippen MR) is 35.9 cm³/mol. The number of hydrogen-bond acceptors (Lipinski definition) is 5. The number of rotatable bonds is 5. The molecule has 72 valence electrons. The first kappa shape index (κ1) is 11.1. The summed E-state index contributed by atoms with van der Waals surface area (Å²) in [6, 6.07) is 0. The summed E-state index contributed by atoms with van der Waals surface area (Å²) >= 11 is 0. The average Bonchev–Trinajstić information content (AvgIpc) is 1.98. The highest BCUT2D eigenvalue weighted by molar-refractivity contribution is 6.36. The molecule has 0 fully saturated rings. The van der Waals surface area contributed by atoms with Crippen molar-refractivity contribution in [1.82, 2.24) is 0 Å². The van der Waals surface area contributed by atoms with Crippen LogP contribution in [0.4, 0.5) is 0 Å². The fraction of sp³-hybridized carbons (Fsp3) is 0.333. The van der Waals surface area contributed by atoms with Crippen molar-refractivity contribution in [3.8, 4) is 0 Å². The number of aliphatic carboxylic acids is 2. The van der Waals surface area contributed by atoms with Crippen molar-refractivity contribution in [2.24, 2.45) is 0 Å². The second kappa shape index (κ2) is 4.86. The highest BCUT2D eigenvalue weighted by Crippen LogP contribution is 1.88. The van der Waals surface area contributed by atoms with Gasteiger partial charge >= 0.3 is 17.9 Å². The number of ketones is 1. The smallest absolute Gasteiger partial charge is 0.375 e. The van der Waals surface area contributed by atoms with Gasteiger partial charge < -0.3 is 14.9 Å². The van der Waals surface area contributed by atoms with Crippen LogP contribution in [-0.4, -0.2) is 40.5 Å². The fourth-order valence-electron chi connectivity index (χ4n) is 0.417. The Bertz CT molecular complexity index is 254. The van der Waals surface area contributed by atoms with Crippen LogP contribution < -0.4 is 0 Å². The molecule has 0 aliphatic rings. The molecule has 13 heavy (non-hydrogen) atoms. The van der Waals surface area contributed by atoms with E-state index >= 15 is 0 Å². The van der Waals surface area contributed by atoms with E-state index in [0.717, 1.165) is 0 Å². The summed E-state index contributed by atoms with van der Waals surface area (Å²) in [6.07, 6.45) is -1.00. The maximum Gasteiger partial charge on any atom is 0.375 e. The Morgan fingerprint density at radius 2 is 1.54 bits per heavy atom. The molecule has 7 nitrogen and oxygen atoms in total. The number of hydrogen-bond donors (Lipinski definition) is 2. The lowest BCUT2D eigenvalue weighted by molar-refractivity contribution is -0.161. The third kappa shape index (κ3) is 5.36. The van der Waals surface area contributed by atoms with Crippen LogP contribution in [0.5, 0.6) is 0 Å². The van der Waals surface area contributed by atoms with Crippen molar-refractivity contribution < 1.29 is 34.1 Å². The maximum absolute atomic E-state index is 10.5. The van der Waals surface area contributed by atoms with Crippen molar-refractivity contribution >= 4 is 23.7 Å². The second-order valence-electron chi connectivity index (χ2n) is 1.96. The standard InChI is InChI=1S/C6H6O7/c7-3(1-4(8)9)6(12)13-2-5(10)11/h1-2H2,(H,8,9)(H,10,11). The molecular formula is C6H6O7. The molecule has 0 amide bonds. The van der Waals surface area contributed by atoms with Crippen LogP contribution in [0.25, 0.3) is 0 Å². The van der Waals surface area contributed by atoms with Gasteiger partial charge in [-0.1, -0.05) is 0 Å². The van der Waals surface area contributed by atoms with Gasteiger partial charge in [-0.05, 0) is 0 Å². The molecule has 0 spiro atoms. The van der Waals surface area contributed by atoms with Crippen molar-refractivity contribution in [1.29, 1.82) is 0 Å². The summed E-state index contributed by atoms with van der Waals surface area (Å²) in [6.45, 7) is -0.954. The summed E-state index contributed by atoms with van der Waals surface area (Å²) < 4.78 is 3.91. The first-order chi connectivity index (χ1) is 5.93. The Kier molecular flexibility index (Phi) is 4.14. The van der Waals surface area contributed by atoms with Crippen molar-refractivity contribution in [2.75, 3.05) is 6.61 Å². The molecule has 7 heteroatoms. The Morgan fingerprint density at radius 3 is 1.92 bits per heavy atom. The Labute approximate surface area is 71.9 Å². The van der Waals surface area contributed by atoms with Crippen LogP contribution in [0.15, 0.2) is 0 Å². The lowest BCUT2D eigenvalue weighted by Gasteiger charge is -1.97. The normalized spacial score (nSPS) is 8.92. The van der Waals surface area contributed by atoms with E-state index in [0.29, 0.717) is 0 Å². The molecule has 0 aromatic carbocycles. The molecule has 0 atom stereocenters. The van der Waals surface area contributed by atoms with Crippen molar-refractivity contribution in [3.05, 3.63) is 0 Å². The Balaban J connectivity index is 3.90. The second-order valence-corrected chi connectivity index (χ2v) is 1.96. The van der Waals surface area contributed by atoms with E-state index in [2.05, 4.69) is 4.74 Å². The van der Waals surface area contributed by atoms with Gasteiger partial charge in [-0.2, -0.15) is 0 Å². The summed E-state index contributed by atoms with van der Waals surface area (Å²) in [4.78, 5) is 40.8. The molecule has 0 aromatic rings. The van der Waals surface area contributed by atoms with Crippen molar-refractivity contribution in [2.45, 2.75) is 6.42 Å². The fourth-order valence-corrected chi connectivity index (χ4v) is 0.417. The third-order valence-electron chi connectivity index (χ3n) is 0.866. The van der Waals surface area contributed by atoms with Gasteiger partial charge in [0.25, 0.3) is 5.78 Å². The van der Waals surface area contributed by atoms with Crippen LogP contribution in [0, 0.1) is 0 Å². The van der Waals surface area contributed by atoms with Gasteiger partial charge in [0.2, 0.25) is 0 Å². The first-order valence-corrected chi connectivity index (χ1v) is 3.07. The van der Waals surface area contributed by atoms with E-state index in [1.807, 2.05) is 0 Å². The molecule has 0 aliphatic heterocycles. The van der Waals surface area contributed by atoms with Crippen LogP contribution in [0.2, 0.25) is 0 Å². The highest BCUT2D eigenvalue weighted by Gasteiger charge is 2.19. The number of carboxylic acids is 2. The van der Waals surface area contributed by atoms with Gasteiger partial charge in [-0.25, -0.2) is 9.59 Å². The minimum absolute atomic E-state index is 0.954. The Hall–Kier alpha value is -1.92. The topological polar surface area (TPSA) is 118 Å². The van der Waals surface area contributed by atoms with Crippen LogP contribution in [0.3, 0.4) is 0 Å². The van der Waals surface area contributed by atoms with E-state index in [4.69, 9.17) is 10.2 Å².